The molecule has 0 saturated heterocycles. The summed E-state index contributed by atoms with van der Waals surface area (Å²) in [7, 11) is 0. The van der Waals surface area contributed by atoms with E-state index >= 15 is 0 Å². The van der Waals surface area contributed by atoms with Gasteiger partial charge in [-0.05, 0) is 38.7 Å². The molecule has 0 saturated carbocycles. The number of hydrogen-bond donors (Lipinski definition) is 0. The van der Waals surface area contributed by atoms with Gasteiger partial charge in [-0.1, -0.05) is 36.4 Å². The van der Waals surface area contributed by atoms with E-state index < -0.39 is 22.7 Å². The molecule has 2 heterocycles. The zero-order valence-corrected chi connectivity index (χ0v) is 15.6. The minimum atomic E-state index is -4.74. The molecule has 4 rings (SSSR count). The minimum Gasteiger partial charge on any atom is -0.406 e. The lowest BCUT2D eigenvalue weighted by atomic mass is 10.0. The summed E-state index contributed by atoms with van der Waals surface area (Å²) >= 11 is 0. The Morgan fingerprint density at radius 2 is 1.61 bits per heavy atom. The van der Waals surface area contributed by atoms with Gasteiger partial charge >= 0.3 is 23.4 Å². The molecule has 0 atom stereocenters. The molecule has 31 heavy (non-hydrogen) atoms. The standard InChI is InChI=1S/C20H13F3N4O4/c21-20(22,23)31-16-7-5-15(6-8-16)14-3-1-13(2-4-14)11-26-10-9-25-12-17(27(29)30)24-18(25)19(26)28/h1-10,12H,11H2. The highest BCUT2D eigenvalue weighted by molar-refractivity contribution is 5.64. The van der Waals surface area contributed by atoms with Gasteiger partial charge in [-0.3, -0.25) is 9.20 Å². The molecule has 0 radical (unpaired) electrons. The van der Waals surface area contributed by atoms with Crippen LogP contribution >= 0.6 is 0 Å². The van der Waals surface area contributed by atoms with E-state index in [0.717, 1.165) is 11.1 Å². The number of hydrogen-bond acceptors (Lipinski definition) is 5. The van der Waals surface area contributed by atoms with Gasteiger partial charge < -0.3 is 19.4 Å². The molecule has 4 aromatic rings. The third kappa shape index (κ3) is 4.39. The quantitative estimate of drug-likeness (QED) is 0.352. The van der Waals surface area contributed by atoms with E-state index in [0.29, 0.717) is 5.56 Å². The fourth-order valence-corrected chi connectivity index (χ4v) is 3.06. The lowest BCUT2D eigenvalue weighted by Gasteiger charge is -2.10. The van der Waals surface area contributed by atoms with E-state index in [1.165, 1.54) is 51.8 Å². The van der Waals surface area contributed by atoms with Gasteiger partial charge in [0, 0.05) is 12.4 Å². The van der Waals surface area contributed by atoms with Gasteiger partial charge in [0.05, 0.1) is 6.54 Å². The molecule has 0 amide bonds. The summed E-state index contributed by atoms with van der Waals surface area (Å²) in [6, 6.07) is 12.6. The monoisotopic (exact) mass is 430 g/mol. The molecule has 0 spiro atoms. The molecule has 2 aromatic heterocycles. The van der Waals surface area contributed by atoms with Crippen molar-refractivity contribution in [3.05, 3.63) is 93.2 Å². The molecule has 11 heteroatoms. The average molecular weight is 430 g/mol. The van der Waals surface area contributed by atoms with Gasteiger partial charge in [0.1, 0.15) is 11.9 Å². The molecule has 0 unspecified atom stereocenters. The van der Waals surface area contributed by atoms with E-state index in [4.69, 9.17) is 0 Å². The number of ether oxygens (including phenoxy) is 1. The topological polar surface area (TPSA) is 91.7 Å². The lowest BCUT2D eigenvalue weighted by Crippen LogP contribution is -2.22. The first-order valence-corrected chi connectivity index (χ1v) is 8.87. The highest BCUT2D eigenvalue weighted by Crippen LogP contribution is 2.26. The van der Waals surface area contributed by atoms with E-state index in [1.807, 2.05) is 0 Å². The summed E-state index contributed by atoms with van der Waals surface area (Å²) in [5.74, 6) is -0.715. The maximum atomic E-state index is 12.6. The smallest absolute Gasteiger partial charge is 0.406 e. The van der Waals surface area contributed by atoms with Crippen LogP contribution in [0.15, 0.2) is 71.9 Å². The van der Waals surface area contributed by atoms with Crippen LogP contribution in [0, 0.1) is 10.1 Å². The van der Waals surface area contributed by atoms with Crippen molar-refractivity contribution in [3.63, 3.8) is 0 Å². The van der Waals surface area contributed by atoms with E-state index in [2.05, 4.69) is 9.72 Å². The number of imidazole rings is 1. The van der Waals surface area contributed by atoms with Crippen molar-refractivity contribution in [2.24, 2.45) is 0 Å². The highest BCUT2D eigenvalue weighted by Gasteiger charge is 2.30. The highest BCUT2D eigenvalue weighted by atomic mass is 19.4. The zero-order valence-electron chi connectivity index (χ0n) is 15.6. The Bertz CT molecular complexity index is 1310. The summed E-state index contributed by atoms with van der Waals surface area (Å²) in [4.78, 5) is 26.5. The number of nitrogens with zero attached hydrogens (tertiary/aromatic N) is 4. The predicted molar refractivity (Wildman–Crippen MR) is 104 cm³/mol. The van der Waals surface area contributed by atoms with Crippen LogP contribution in [-0.2, 0) is 6.54 Å². The molecule has 0 aliphatic carbocycles. The number of alkyl halides is 3. The van der Waals surface area contributed by atoms with Crippen LogP contribution in [0.5, 0.6) is 5.75 Å². The Hall–Kier alpha value is -4.15. The summed E-state index contributed by atoms with van der Waals surface area (Å²) in [6.07, 6.45) is -0.559. The van der Waals surface area contributed by atoms with Gasteiger partial charge in [0.2, 0.25) is 0 Å². The molecule has 2 aromatic carbocycles. The lowest BCUT2D eigenvalue weighted by molar-refractivity contribution is -0.389. The minimum absolute atomic E-state index is 0.0491. The molecule has 8 nitrogen and oxygen atoms in total. The van der Waals surface area contributed by atoms with Crippen molar-refractivity contribution < 1.29 is 22.8 Å². The second-order valence-electron chi connectivity index (χ2n) is 6.59. The number of rotatable bonds is 5. The van der Waals surface area contributed by atoms with Crippen LogP contribution in [-0.4, -0.2) is 25.2 Å². The first kappa shape index (κ1) is 20.1. The normalized spacial score (nSPS) is 11.6. The first-order valence-electron chi connectivity index (χ1n) is 8.87. The van der Waals surface area contributed by atoms with Crippen LogP contribution < -0.4 is 10.3 Å². The van der Waals surface area contributed by atoms with Gasteiger partial charge in [0.25, 0.3) is 0 Å². The largest absolute Gasteiger partial charge is 0.573 e. The summed E-state index contributed by atoms with van der Waals surface area (Å²) in [6.45, 7) is 0.217. The predicted octanol–water partition coefficient (Wildman–Crippen LogP) is 4.02. The summed E-state index contributed by atoms with van der Waals surface area (Å²) in [5, 5.41) is 10.9. The maximum Gasteiger partial charge on any atom is 0.573 e. The zero-order chi connectivity index (χ0) is 22.2. The van der Waals surface area contributed by atoms with Crippen molar-refractivity contribution in [2.45, 2.75) is 12.9 Å². The maximum absolute atomic E-state index is 12.6. The number of nitro groups is 1. The Morgan fingerprint density at radius 3 is 2.19 bits per heavy atom. The van der Waals surface area contributed by atoms with Gasteiger partial charge in [-0.15, -0.1) is 13.2 Å². The summed E-state index contributed by atoms with van der Waals surface area (Å²) in [5.41, 5.74) is 1.73. The number of benzene rings is 2. The van der Waals surface area contributed by atoms with Crippen LogP contribution in [0.1, 0.15) is 5.56 Å². The molecule has 158 valence electrons. The molecule has 0 bridgehead atoms. The Kier molecular flexibility index (Phi) is 4.93. The van der Waals surface area contributed by atoms with Crippen LogP contribution in [0.3, 0.4) is 0 Å². The molecule has 0 aliphatic rings. The number of aromatic nitrogens is 3. The number of fused-ring (bicyclic) bond motifs is 1. The van der Waals surface area contributed by atoms with Crippen molar-refractivity contribution in [2.75, 3.05) is 0 Å². The molecular formula is C20H13F3N4O4. The molecule has 0 N–H and O–H groups in total. The second-order valence-corrected chi connectivity index (χ2v) is 6.59. The fourth-order valence-electron chi connectivity index (χ4n) is 3.06. The van der Waals surface area contributed by atoms with E-state index in [-0.39, 0.29) is 17.9 Å². The SMILES string of the molecule is O=c1c2nc([N+](=O)[O-])cn2ccn1Cc1ccc(-c2ccc(OC(F)(F)F)cc2)cc1. The van der Waals surface area contributed by atoms with Crippen molar-refractivity contribution in [1.29, 1.82) is 0 Å². The van der Waals surface area contributed by atoms with Crippen LogP contribution in [0.25, 0.3) is 16.8 Å². The second kappa shape index (κ2) is 7.59. The van der Waals surface area contributed by atoms with E-state index in [9.17, 15) is 28.1 Å². The van der Waals surface area contributed by atoms with Gasteiger partial charge in [-0.25, -0.2) is 0 Å². The molecular weight excluding hydrogens is 417 g/mol. The number of halogens is 3. The van der Waals surface area contributed by atoms with Gasteiger partial charge in [0.15, 0.2) is 0 Å². The molecule has 0 aliphatic heterocycles. The third-order valence-corrected chi connectivity index (χ3v) is 4.49. The van der Waals surface area contributed by atoms with Gasteiger partial charge in [-0.2, -0.15) is 0 Å². The Balaban J connectivity index is 1.53. The fraction of sp³-hybridized carbons (Fsp3) is 0.100. The van der Waals surface area contributed by atoms with Crippen LogP contribution in [0.4, 0.5) is 19.0 Å². The summed E-state index contributed by atoms with van der Waals surface area (Å²) < 4.78 is 43.3. The first-order chi connectivity index (χ1) is 14.7. The Morgan fingerprint density at radius 1 is 1.00 bits per heavy atom. The van der Waals surface area contributed by atoms with Crippen molar-refractivity contribution >= 4 is 11.5 Å². The Labute approximate surface area is 171 Å². The van der Waals surface area contributed by atoms with Crippen LogP contribution in [0.2, 0.25) is 0 Å². The van der Waals surface area contributed by atoms with E-state index in [1.54, 1.807) is 24.3 Å². The average Bonchev–Trinajstić information content (AvgIpc) is 3.16. The third-order valence-electron chi connectivity index (χ3n) is 4.49. The van der Waals surface area contributed by atoms with Crippen molar-refractivity contribution in [3.8, 4) is 16.9 Å². The van der Waals surface area contributed by atoms with Crippen molar-refractivity contribution in [1.82, 2.24) is 14.0 Å². The molecule has 0 fully saturated rings.